The predicted molar refractivity (Wildman–Crippen MR) is 74.7 cm³/mol. The van der Waals surface area contributed by atoms with Crippen LogP contribution in [0.4, 0.5) is 4.39 Å². The van der Waals surface area contributed by atoms with E-state index in [0.29, 0.717) is 11.8 Å². The van der Waals surface area contributed by atoms with Gasteiger partial charge in [0.2, 0.25) is 0 Å². The van der Waals surface area contributed by atoms with Crippen molar-refractivity contribution in [3.63, 3.8) is 0 Å². The molecule has 0 radical (unpaired) electrons. The zero-order chi connectivity index (χ0) is 12.8. The summed E-state index contributed by atoms with van der Waals surface area (Å²) in [6.45, 7) is 5.35. The van der Waals surface area contributed by atoms with Crippen molar-refractivity contribution in [3.8, 4) is 0 Å². The van der Waals surface area contributed by atoms with Crippen LogP contribution in [0.25, 0.3) is 0 Å². The molecule has 1 atom stereocenters. The first-order chi connectivity index (χ1) is 8.02. The molecule has 0 amide bonds. The Labute approximate surface area is 112 Å². The Kier molecular flexibility index (Phi) is 6.14. The van der Waals surface area contributed by atoms with Crippen LogP contribution in [0.2, 0.25) is 0 Å². The molecule has 0 aromatic heterocycles. The summed E-state index contributed by atoms with van der Waals surface area (Å²) in [7, 11) is 1.95. The van der Waals surface area contributed by atoms with Gasteiger partial charge in [0.1, 0.15) is 5.82 Å². The molecule has 1 nitrogen and oxygen atoms in total. The second kappa shape index (κ2) is 7.12. The van der Waals surface area contributed by atoms with Gasteiger partial charge in [0.25, 0.3) is 0 Å². The van der Waals surface area contributed by atoms with Crippen LogP contribution >= 0.6 is 15.9 Å². The standard InChI is InChI=1S/C14H21BrFN/c1-10(2)6-11(9-17-3)7-12-8-13(15)4-5-14(12)16/h4-5,8,10-11,17H,6-7,9H2,1-3H3. The van der Waals surface area contributed by atoms with E-state index in [0.717, 1.165) is 29.4 Å². The van der Waals surface area contributed by atoms with E-state index < -0.39 is 0 Å². The molecule has 1 N–H and O–H groups in total. The number of rotatable bonds is 6. The quantitative estimate of drug-likeness (QED) is 0.837. The summed E-state index contributed by atoms with van der Waals surface area (Å²) in [6, 6.07) is 5.16. The molecule has 1 aromatic rings. The summed E-state index contributed by atoms with van der Waals surface area (Å²) in [6.07, 6.45) is 1.91. The maximum Gasteiger partial charge on any atom is 0.126 e. The Morgan fingerprint density at radius 1 is 1.35 bits per heavy atom. The molecule has 1 aromatic carbocycles. The Bertz CT molecular complexity index is 352. The lowest BCUT2D eigenvalue weighted by Gasteiger charge is -2.19. The zero-order valence-electron chi connectivity index (χ0n) is 10.8. The van der Waals surface area contributed by atoms with Crippen molar-refractivity contribution < 1.29 is 4.39 Å². The monoisotopic (exact) mass is 301 g/mol. The molecule has 0 aliphatic rings. The van der Waals surface area contributed by atoms with E-state index in [1.54, 1.807) is 6.07 Å². The van der Waals surface area contributed by atoms with Crippen LogP contribution in [0.5, 0.6) is 0 Å². The molecule has 3 heteroatoms. The predicted octanol–water partition coefficient (Wildman–Crippen LogP) is 4.01. The van der Waals surface area contributed by atoms with Gasteiger partial charge in [-0.3, -0.25) is 0 Å². The normalized spacial score (nSPS) is 13.1. The smallest absolute Gasteiger partial charge is 0.126 e. The van der Waals surface area contributed by atoms with E-state index in [1.165, 1.54) is 6.07 Å². The van der Waals surface area contributed by atoms with Crippen LogP contribution in [0, 0.1) is 17.7 Å². The molecule has 0 heterocycles. The van der Waals surface area contributed by atoms with E-state index >= 15 is 0 Å². The minimum Gasteiger partial charge on any atom is -0.319 e. The molecule has 0 saturated heterocycles. The molecule has 96 valence electrons. The van der Waals surface area contributed by atoms with E-state index in [1.807, 2.05) is 13.1 Å². The van der Waals surface area contributed by atoms with E-state index in [9.17, 15) is 4.39 Å². The van der Waals surface area contributed by atoms with Gasteiger partial charge in [-0.25, -0.2) is 4.39 Å². The number of benzene rings is 1. The van der Waals surface area contributed by atoms with Gasteiger partial charge >= 0.3 is 0 Å². The van der Waals surface area contributed by atoms with Gasteiger partial charge in [-0.05, 0) is 62.0 Å². The van der Waals surface area contributed by atoms with Crippen LogP contribution in [0.3, 0.4) is 0 Å². The molecular formula is C14H21BrFN. The molecule has 0 aliphatic heterocycles. The lowest BCUT2D eigenvalue weighted by atomic mass is 9.91. The average molecular weight is 302 g/mol. The Morgan fingerprint density at radius 3 is 2.65 bits per heavy atom. The highest BCUT2D eigenvalue weighted by atomic mass is 79.9. The van der Waals surface area contributed by atoms with Crippen molar-refractivity contribution in [3.05, 3.63) is 34.1 Å². The highest BCUT2D eigenvalue weighted by Crippen LogP contribution is 2.21. The van der Waals surface area contributed by atoms with Gasteiger partial charge in [-0.2, -0.15) is 0 Å². The highest BCUT2D eigenvalue weighted by Gasteiger charge is 2.13. The SMILES string of the molecule is CNCC(Cc1cc(Br)ccc1F)CC(C)C. The summed E-state index contributed by atoms with van der Waals surface area (Å²) >= 11 is 3.39. The summed E-state index contributed by atoms with van der Waals surface area (Å²) in [5, 5.41) is 3.19. The third-order valence-electron chi connectivity index (χ3n) is 2.81. The molecule has 17 heavy (non-hydrogen) atoms. The second-order valence-electron chi connectivity index (χ2n) is 4.99. The highest BCUT2D eigenvalue weighted by molar-refractivity contribution is 9.10. The van der Waals surface area contributed by atoms with Crippen molar-refractivity contribution in [2.24, 2.45) is 11.8 Å². The van der Waals surface area contributed by atoms with E-state index in [4.69, 9.17) is 0 Å². The lowest BCUT2D eigenvalue weighted by Crippen LogP contribution is -2.22. The van der Waals surface area contributed by atoms with Gasteiger partial charge < -0.3 is 5.32 Å². The molecule has 0 fully saturated rings. The second-order valence-corrected chi connectivity index (χ2v) is 5.91. The maximum absolute atomic E-state index is 13.7. The minimum atomic E-state index is -0.0990. The van der Waals surface area contributed by atoms with Crippen molar-refractivity contribution in [1.82, 2.24) is 5.32 Å². The molecule has 0 spiro atoms. The van der Waals surface area contributed by atoms with Gasteiger partial charge in [0, 0.05) is 4.47 Å². The topological polar surface area (TPSA) is 12.0 Å². The number of hydrogen-bond acceptors (Lipinski definition) is 1. The fourth-order valence-electron chi connectivity index (χ4n) is 2.20. The van der Waals surface area contributed by atoms with Crippen molar-refractivity contribution in [2.45, 2.75) is 26.7 Å². The summed E-state index contributed by atoms with van der Waals surface area (Å²) in [4.78, 5) is 0. The van der Waals surface area contributed by atoms with Crippen LogP contribution in [0.15, 0.2) is 22.7 Å². The largest absolute Gasteiger partial charge is 0.319 e. The molecule has 0 bridgehead atoms. The van der Waals surface area contributed by atoms with Gasteiger partial charge in [0.05, 0.1) is 0 Å². The molecule has 1 unspecified atom stereocenters. The summed E-state index contributed by atoms with van der Waals surface area (Å²) in [5.74, 6) is 1.03. The first-order valence-corrected chi connectivity index (χ1v) is 6.90. The van der Waals surface area contributed by atoms with Crippen molar-refractivity contribution in [1.29, 1.82) is 0 Å². The van der Waals surface area contributed by atoms with Crippen molar-refractivity contribution in [2.75, 3.05) is 13.6 Å². The van der Waals surface area contributed by atoms with Gasteiger partial charge in [-0.15, -0.1) is 0 Å². The van der Waals surface area contributed by atoms with Gasteiger partial charge in [-0.1, -0.05) is 29.8 Å². The Hall–Kier alpha value is -0.410. The first-order valence-electron chi connectivity index (χ1n) is 6.11. The fourth-order valence-corrected chi connectivity index (χ4v) is 2.61. The third kappa shape index (κ3) is 5.17. The number of hydrogen-bond donors (Lipinski definition) is 1. The number of halogens is 2. The van der Waals surface area contributed by atoms with Crippen molar-refractivity contribution >= 4 is 15.9 Å². The lowest BCUT2D eigenvalue weighted by molar-refractivity contribution is 0.390. The average Bonchev–Trinajstić information content (AvgIpc) is 2.23. The maximum atomic E-state index is 13.7. The molecular weight excluding hydrogens is 281 g/mol. The van der Waals surface area contributed by atoms with Crippen LogP contribution in [0.1, 0.15) is 25.8 Å². The summed E-state index contributed by atoms with van der Waals surface area (Å²) < 4.78 is 14.6. The van der Waals surface area contributed by atoms with Crippen LogP contribution < -0.4 is 5.32 Å². The summed E-state index contributed by atoms with van der Waals surface area (Å²) in [5.41, 5.74) is 0.806. The zero-order valence-corrected chi connectivity index (χ0v) is 12.3. The first kappa shape index (κ1) is 14.7. The third-order valence-corrected chi connectivity index (χ3v) is 3.31. The molecule has 0 saturated carbocycles. The molecule has 0 aliphatic carbocycles. The van der Waals surface area contributed by atoms with Crippen LogP contribution in [-0.4, -0.2) is 13.6 Å². The molecule has 1 rings (SSSR count). The van der Waals surface area contributed by atoms with Gasteiger partial charge in [0.15, 0.2) is 0 Å². The minimum absolute atomic E-state index is 0.0990. The van der Waals surface area contributed by atoms with E-state index in [2.05, 4.69) is 35.1 Å². The number of nitrogens with one attached hydrogen (secondary N) is 1. The van der Waals surface area contributed by atoms with E-state index in [-0.39, 0.29) is 5.82 Å². The Balaban J connectivity index is 2.74. The van der Waals surface area contributed by atoms with Crippen LogP contribution in [-0.2, 0) is 6.42 Å². The fraction of sp³-hybridized carbons (Fsp3) is 0.571. The Morgan fingerprint density at radius 2 is 2.06 bits per heavy atom.